The largest absolute Gasteiger partial charge is 0.384 e. The molecule has 1 aliphatic heterocycles. The molecule has 3 N–H and O–H groups in total. The fourth-order valence-corrected chi connectivity index (χ4v) is 5.20. The van der Waals surface area contributed by atoms with Crippen LogP contribution < -0.4 is 10.6 Å². The molecule has 0 amide bonds. The number of rotatable bonds is 3. The Bertz CT molecular complexity index is 1340. The first-order chi connectivity index (χ1) is 16.0. The van der Waals surface area contributed by atoms with Crippen molar-refractivity contribution in [2.45, 2.75) is 24.7 Å². The van der Waals surface area contributed by atoms with Gasteiger partial charge in [-0.1, -0.05) is 59.6 Å². The number of hydrogen-bond donors (Lipinski definition) is 2. The summed E-state index contributed by atoms with van der Waals surface area (Å²) in [5.41, 5.74) is 9.62. The van der Waals surface area contributed by atoms with Gasteiger partial charge in [-0.3, -0.25) is 9.69 Å². The molecule has 5 rings (SSSR count). The number of Topliss-reactive ketones (excluding diaryl/α,β-unsaturated/α-hetero) is 1. The van der Waals surface area contributed by atoms with Gasteiger partial charge in [-0.25, -0.2) is 5.10 Å². The molecule has 2 aliphatic rings. The van der Waals surface area contributed by atoms with Crippen LogP contribution in [0.25, 0.3) is 0 Å². The Labute approximate surface area is 200 Å². The van der Waals surface area contributed by atoms with Crippen molar-refractivity contribution < 1.29 is 4.79 Å². The van der Waals surface area contributed by atoms with E-state index in [9.17, 15) is 10.1 Å². The predicted molar refractivity (Wildman–Crippen MR) is 125 cm³/mol. The van der Waals surface area contributed by atoms with E-state index in [1.807, 2.05) is 30.3 Å². The van der Waals surface area contributed by atoms with Gasteiger partial charge < -0.3 is 5.73 Å². The molecule has 0 fully saturated rings. The smallest absolute Gasteiger partial charge is 0.231 e. The Balaban J connectivity index is 1.73. The number of aromatic amines is 1. The van der Waals surface area contributed by atoms with Gasteiger partial charge >= 0.3 is 0 Å². The summed E-state index contributed by atoms with van der Waals surface area (Å²) in [4.78, 5) is 19.6. The minimum absolute atomic E-state index is 0.0411. The van der Waals surface area contributed by atoms with Crippen LogP contribution in [-0.4, -0.2) is 21.0 Å². The highest BCUT2D eigenvalue weighted by Gasteiger charge is 2.44. The van der Waals surface area contributed by atoms with Crippen LogP contribution in [-0.2, 0) is 4.79 Å². The molecule has 3 aromatic rings. The lowest BCUT2D eigenvalue weighted by molar-refractivity contribution is -0.116. The lowest BCUT2D eigenvalue weighted by Crippen LogP contribution is -2.40. The zero-order chi connectivity index (χ0) is 23.1. The molecule has 0 unspecified atom stereocenters. The van der Waals surface area contributed by atoms with Crippen LogP contribution in [0.1, 0.15) is 35.8 Å². The van der Waals surface area contributed by atoms with Crippen LogP contribution in [0, 0.1) is 11.3 Å². The number of nitrogens with one attached hydrogen (secondary N) is 1. The van der Waals surface area contributed by atoms with E-state index in [2.05, 4.69) is 21.3 Å². The summed E-state index contributed by atoms with van der Waals surface area (Å²) in [6.45, 7) is 0. The van der Waals surface area contributed by atoms with Crippen molar-refractivity contribution in [1.29, 1.82) is 5.26 Å². The van der Waals surface area contributed by atoms with Gasteiger partial charge in [-0.15, -0.1) is 0 Å². The second-order valence-electron chi connectivity index (χ2n) is 7.95. The molecular weight excluding hydrogens is 459 g/mol. The molecule has 7 nitrogen and oxygen atoms in total. The third-order valence-corrected chi connectivity index (χ3v) is 6.69. The van der Waals surface area contributed by atoms with Gasteiger partial charge in [0, 0.05) is 27.7 Å². The third-order valence-electron chi connectivity index (χ3n) is 6.13. The summed E-state index contributed by atoms with van der Waals surface area (Å²) in [6, 6.07) is 17.1. The summed E-state index contributed by atoms with van der Waals surface area (Å²) in [6.07, 6.45) is 2.21. The summed E-state index contributed by atoms with van der Waals surface area (Å²) in [5.74, 6) is -0.273. The molecule has 0 radical (unpaired) electrons. The summed E-state index contributed by atoms with van der Waals surface area (Å²) in [7, 11) is 0. The summed E-state index contributed by atoms with van der Waals surface area (Å²) in [5, 5.41) is 17.7. The van der Waals surface area contributed by atoms with Crippen LogP contribution in [0.2, 0.25) is 10.0 Å². The minimum Gasteiger partial charge on any atom is -0.384 e. The van der Waals surface area contributed by atoms with Gasteiger partial charge in [-0.05, 0) is 35.6 Å². The van der Waals surface area contributed by atoms with E-state index in [0.717, 1.165) is 5.56 Å². The molecule has 1 aromatic heterocycles. The van der Waals surface area contributed by atoms with Gasteiger partial charge in [0.05, 0.1) is 17.6 Å². The second-order valence-corrected chi connectivity index (χ2v) is 8.80. The number of nitrogens with zero attached hydrogens (tertiary/aromatic N) is 4. The zero-order valence-corrected chi connectivity index (χ0v) is 18.8. The quantitative estimate of drug-likeness (QED) is 0.560. The second kappa shape index (κ2) is 8.39. The molecule has 0 bridgehead atoms. The van der Waals surface area contributed by atoms with Crippen molar-refractivity contribution in [2.75, 3.05) is 4.90 Å². The molecule has 164 valence electrons. The van der Waals surface area contributed by atoms with Gasteiger partial charge in [0.15, 0.2) is 5.78 Å². The monoisotopic (exact) mass is 476 g/mol. The lowest BCUT2D eigenvalue weighted by atomic mass is 9.72. The van der Waals surface area contributed by atoms with E-state index < -0.39 is 5.92 Å². The zero-order valence-electron chi connectivity index (χ0n) is 17.3. The van der Waals surface area contributed by atoms with Crippen LogP contribution in [0.5, 0.6) is 0 Å². The van der Waals surface area contributed by atoms with Gasteiger partial charge in [0.2, 0.25) is 5.95 Å². The number of H-pyrrole nitrogens is 1. The fraction of sp³-hybridized carbons (Fsp3) is 0.167. The first-order valence-corrected chi connectivity index (χ1v) is 11.1. The van der Waals surface area contributed by atoms with Crippen LogP contribution in [0.4, 0.5) is 5.95 Å². The van der Waals surface area contributed by atoms with Gasteiger partial charge in [-0.2, -0.15) is 15.3 Å². The SMILES string of the molecule is N#CC1=C(N)N(c2ncn[nH]2)C2=C(C(=O)C[C@H](c3ccccc3)C2)[C@@H]1c1ccc(Cl)cc1Cl. The number of allylic oxidation sites excluding steroid dienone is 3. The number of ketones is 1. The maximum Gasteiger partial charge on any atom is 0.231 e. The normalized spacial score (nSPS) is 20.6. The number of hydrogen-bond acceptors (Lipinski definition) is 6. The van der Waals surface area contributed by atoms with Crippen molar-refractivity contribution in [3.8, 4) is 6.07 Å². The number of halogens is 2. The standard InChI is InChI=1S/C24H18Cl2N6O/c25-15-6-7-16(18(26)10-15)21-17(11-27)23(28)32(24-29-12-30-31-24)19-8-14(9-20(33)22(19)21)13-4-2-1-3-5-13/h1-7,10,12,14,21H,8-9,28H2,(H,29,30,31)/t14-,21-/m1/s1. The molecule has 33 heavy (non-hydrogen) atoms. The number of aromatic nitrogens is 3. The number of anilines is 1. The Morgan fingerprint density at radius 3 is 2.61 bits per heavy atom. The lowest BCUT2D eigenvalue weighted by Gasteiger charge is -2.40. The highest BCUT2D eigenvalue weighted by molar-refractivity contribution is 6.35. The Kier molecular flexibility index (Phi) is 5.41. The van der Waals surface area contributed by atoms with E-state index in [-0.39, 0.29) is 23.1 Å². The van der Waals surface area contributed by atoms with Crippen molar-refractivity contribution in [2.24, 2.45) is 5.73 Å². The average Bonchev–Trinajstić information content (AvgIpc) is 3.33. The maximum absolute atomic E-state index is 13.7. The van der Waals surface area contributed by atoms with Crippen molar-refractivity contribution in [1.82, 2.24) is 15.2 Å². The van der Waals surface area contributed by atoms with Crippen LogP contribution >= 0.6 is 23.2 Å². The van der Waals surface area contributed by atoms with E-state index in [1.54, 1.807) is 23.1 Å². The topological polar surface area (TPSA) is 112 Å². The average molecular weight is 477 g/mol. The van der Waals surface area contributed by atoms with Gasteiger partial charge in [0.1, 0.15) is 12.1 Å². The van der Waals surface area contributed by atoms with Crippen molar-refractivity contribution >= 4 is 34.9 Å². The molecule has 1 aliphatic carbocycles. The summed E-state index contributed by atoms with van der Waals surface area (Å²) < 4.78 is 0. The molecule has 0 saturated heterocycles. The molecule has 2 atom stereocenters. The molecule has 2 aromatic carbocycles. The first-order valence-electron chi connectivity index (χ1n) is 10.3. The molecule has 2 heterocycles. The van der Waals surface area contributed by atoms with Crippen LogP contribution in [0.3, 0.4) is 0 Å². The number of nitriles is 1. The van der Waals surface area contributed by atoms with E-state index >= 15 is 0 Å². The number of carbonyl (C=O) groups is 1. The minimum atomic E-state index is -0.696. The van der Waals surface area contributed by atoms with Gasteiger partial charge in [0.25, 0.3) is 0 Å². The summed E-state index contributed by atoms with van der Waals surface area (Å²) >= 11 is 12.6. The number of nitrogens with two attached hydrogens (primary N) is 1. The molecular formula is C24H18Cl2N6O. The van der Waals surface area contributed by atoms with E-state index in [0.29, 0.717) is 45.7 Å². The maximum atomic E-state index is 13.7. The van der Waals surface area contributed by atoms with E-state index in [4.69, 9.17) is 28.9 Å². The molecule has 9 heteroatoms. The fourth-order valence-electron chi connectivity index (χ4n) is 4.69. The van der Waals surface area contributed by atoms with Crippen molar-refractivity contribution in [3.05, 3.63) is 98.7 Å². The number of carbonyl (C=O) groups excluding carboxylic acids is 1. The first kappa shape index (κ1) is 21.3. The highest BCUT2D eigenvalue weighted by Crippen LogP contribution is 2.49. The highest BCUT2D eigenvalue weighted by atomic mass is 35.5. The van der Waals surface area contributed by atoms with Crippen molar-refractivity contribution in [3.63, 3.8) is 0 Å². The Morgan fingerprint density at radius 1 is 1.15 bits per heavy atom. The van der Waals surface area contributed by atoms with Crippen LogP contribution in [0.15, 0.2) is 77.5 Å². The molecule has 0 saturated carbocycles. The van der Waals surface area contributed by atoms with E-state index in [1.165, 1.54) is 6.33 Å². The Morgan fingerprint density at radius 2 is 1.94 bits per heavy atom. The Hall–Kier alpha value is -3.60. The third kappa shape index (κ3) is 3.58. The predicted octanol–water partition coefficient (Wildman–Crippen LogP) is 4.81. The molecule has 0 spiro atoms. The number of benzene rings is 2.